The predicted molar refractivity (Wildman–Crippen MR) is 128 cm³/mol. The zero-order chi connectivity index (χ0) is 25.3. The lowest BCUT2D eigenvalue weighted by atomic mass is 9.92. The summed E-state index contributed by atoms with van der Waals surface area (Å²) in [6, 6.07) is 23.0. The number of aromatic nitrogens is 1. The Labute approximate surface area is 203 Å². The third-order valence-corrected chi connectivity index (χ3v) is 5.71. The minimum atomic E-state index is -4.57. The van der Waals surface area contributed by atoms with Gasteiger partial charge >= 0.3 is 6.18 Å². The van der Waals surface area contributed by atoms with E-state index in [1.807, 2.05) is 30.3 Å². The first-order valence-electron chi connectivity index (χ1n) is 11.0. The van der Waals surface area contributed by atoms with Crippen LogP contribution in [0.4, 0.5) is 22.0 Å². The van der Waals surface area contributed by atoms with Crippen molar-refractivity contribution in [2.75, 3.05) is 0 Å². The van der Waals surface area contributed by atoms with Crippen molar-refractivity contribution in [1.82, 2.24) is 4.98 Å². The van der Waals surface area contributed by atoms with E-state index in [0.29, 0.717) is 22.9 Å². The van der Waals surface area contributed by atoms with Crippen molar-refractivity contribution >= 4 is 10.9 Å². The van der Waals surface area contributed by atoms with E-state index >= 15 is 0 Å². The van der Waals surface area contributed by atoms with Crippen LogP contribution in [0.2, 0.25) is 0 Å². The van der Waals surface area contributed by atoms with Crippen LogP contribution in [-0.2, 0) is 12.6 Å². The Bertz CT molecular complexity index is 1530. The fourth-order valence-corrected chi connectivity index (χ4v) is 4.22. The van der Waals surface area contributed by atoms with Gasteiger partial charge in [-0.1, -0.05) is 54.6 Å². The molecule has 0 saturated carbocycles. The smallest absolute Gasteiger partial charge is 0.418 e. The predicted octanol–water partition coefficient (Wildman–Crippen LogP) is 8.58. The lowest BCUT2D eigenvalue weighted by Gasteiger charge is -2.17. The molecule has 0 unspecified atom stereocenters. The zero-order valence-electron chi connectivity index (χ0n) is 18.7. The molecule has 0 aliphatic carbocycles. The maximum Gasteiger partial charge on any atom is 0.418 e. The molecule has 36 heavy (non-hydrogen) atoms. The van der Waals surface area contributed by atoms with E-state index in [-0.39, 0.29) is 17.0 Å². The summed E-state index contributed by atoms with van der Waals surface area (Å²) in [5, 5.41) is 0.340. The Hall–Kier alpha value is -4.26. The minimum Gasteiger partial charge on any atom is -0.457 e. The Balaban J connectivity index is 1.67. The van der Waals surface area contributed by atoms with Crippen molar-refractivity contribution in [2.24, 2.45) is 0 Å². The van der Waals surface area contributed by atoms with Gasteiger partial charge in [-0.2, -0.15) is 13.2 Å². The van der Waals surface area contributed by atoms with E-state index < -0.39 is 23.4 Å². The van der Waals surface area contributed by atoms with Crippen LogP contribution in [0.25, 0.3) is 22.0 Å². The molecule has 0 aliphatic heterocycles. The van der Waals surface area contributed by atoms with Gasteiger partial charge in [-0.05, 0) is 46.9 Å². The van der Waals surface area contributed by atoms with Crippen LogP contribution in [-0.4, -0.2) is 4.98 Å². The van der Waals surface area contributed by atoms with E-state index in [1.165, 1.54) is 12.3 Å². The topological polar surface area (TPSA) is 22.1 Å². The van der Waals surface area contributed by atoms with Crippen LogP contribution in [0.1, 0.15) is 16.7 Å². The zero-order valence-corrected chi connectivity index (χ0v) is 18.7. The number of halogens is 5. The van der Waals surface area contributed by atoms with Crippen molar-refractivity contribution in [3.63, 3.8) is 0 Å². The van der Waals surface area contributed by atoms with Gasteiger partial charge < -0.3 is 4.74 Å². The number of hydrogen-bond acceptors (Lipinski definition) is 2. The third-order valence-electron chi connectivity index (χ3n) is 5.71. The van der Waals surface area contributed by atoms with Gasteiger partial charge in [0.1, 0.15) is 23.1 Å². The number of para-hydroxylation sites is 1. The highest BCUT2D eigenvalue weighted by molar-refractivity contribution is 5.98. The van der Waals surface area contributed by atoms with Gasteiger partial charge in [0.2, 0.25) is 0 Å². The van der Waals surface area contributed by atoms with E-state index in [1.54, 1.807) is 30.3 Å². The SMILES string of the molecule is Fc1cc(F)cc(Oc2cccc(-c3c(Cc4ccccc4)cnc4c(C(F)(F)F)cccc34)c2)c1. The van der Waals surface area contributed by atoms with Crippen LogP contribution in [0.5, 0.6) is 11.5 Å². The van der Waals surface area contributed by atoms with E-state index in [9.17, 15) is 22.0 Å². The lowest BCUT2D eigenvalue weighted by Crippen LogP contribution is -2.07. The van der Waals surface area contributed by atoms with Gasteiger partial charge in [0.25, 0.3) is 0 Å². The molecule has 7 heteroatoms. The number of ether oxygens (including phenoxy) is 1. The van der Waals surface area contributed by atoms with Crippen LogP contribution in [0.15, 0.2) is 97.2 Å². The second-order valence-electron chi connectivity index (χ2n) is 8.26. The molecule has 5 rings (SSSR count). The molecule has 0 N–H and O–H groups in total. The van der Waals surface area contributed by atoms with Crippen LogP contribution < -0.4 is 4.74 Å². The van der Waals surface area contributed by atoms with Gasteiger partial charge in [-0.25, -0.2) is 8.78 Å². The van der Waals surface area contributed by atoms with Gasteiger partial charge in [0.15, 0.2) is 0 Å². The summed E-state index contributed by atoms with van der Waals surface area (Å²) < 4.78 is 74.2. The number of pyridine rings is 1. The second-order valence-corrected chi connectivity index (χ2v) is 8.26. The van der Waals surface area contributed by atoms with Crippen molar-refractivity contribution < 1.29 is 26.7 Å². The van der Waals surface area contributed by atoms with Crippen LogP contribution >= 0.6 is 0 Å². The number of fused-ring (bicyclic) bond motifs is 1. The number of benzene rings is 4. The maximum atomic E-state index is 13.7. The number of hydrogen-bond donors (Lipinski definition) is 0. The standard InChI is InChI=1S/C29H18F5NO/c30-21-14-22(31)16-24(15-21)36-23-9-4-8-19(13-23)27-20(12-18-6-2-1-3-7-18)17-35-28-25(27)10-5-11-26(28)29(32,33)34/h1-11,13-17H,12H2. The highest BCUT2D eigenvalue weighted by Gasteiger charge is 2.33. The van der Waals surface area contributed by atoms with E-state index in [2.05, 4.69) is 4.98 Å². The highest BCUT2D eigenvalue weighted by Crippen LogP contribution is 2.40. The number of rotatable bonds is 5. The summed E-state index contributed by atoms with van der Waals surface area (Å²) in [6.07, 6.45) is -2.66. The molecule has 5 aromatic rings. The minimum absolute atomic E-state index is 0.0342. The van der Waals surface area contributed by atoms with Crippen LogP contribution in [0.3, 0.4) is 0 Å². The summed E-state index contributed by atoms with van der Waals surface area (Å²) in [5.41, 5.74) is 1.87. The first-order valence-corrected chi connectivity index (χ1v) is 11.0. The quantitative estimate of drug-likeness (QED) is 0.230. The third kappa shape index (κ3) is 4.91. The molecule has 0 saturated heterocycles. The first-order chi connectivity index (χ1) is 17.3. The van der Waals surface area contributed by atoms with Crippen molar-refractivity contribution in [2.45, 2.75) is 12.6 Å². The molecule has 1 aromatic heterocycles. The summed E-state index contributed by atoms with van der Waals surface area (Å²) in [5.74, 6) is -1.33. The Kier molecular flexibility index (Phi) is 6.14. The van der Waals surface area contributed by atoms with Crippen molar-refractivity contribution in [1.29, 1.82) is 0 Å². The highest BCUT2D eigenvalue weighted by atomic mass is 19.4. The average Bonchev–Trinajstić information content (AvgIpc) is 2.83. The lowest BCUT2D eigenvalue weighted by molar-refractivity contribution is -0.136. The molecule has 0 bridgehead atoms. The fourth-order valence-electron chi connectivity index (χ4n) is 4.22. The largest absolute Gasteiger partial charge is 0.457 e. The molecular weight excluding hydrogens is 473 g/mol. The molecule has 1 heterocycles. The maximum absolute atomic E-state index is 13.7. The Morgan fingerprint density at radius 2 is 1.44 bits per heavy atom. The fraction of sp³-hybridized carbons (Fsp3) is 0.0690. The molecular formula is C29H18F5NO. The number of alkyl halides is 3. The van der Waals surface area contributed by atoms with Gasteiger partial charge in [-0.15, -0.1) is 0 Å². The normalized spacial score (nSPS) is 11.6. The van der Waals surface area contributed by atoms with Gasteiger partial charge in [0.05, 0.1) is 11.1 Å². The summed E-state index contributed by atoms with van der Waals surface area (Å²) in [7, 11) is 0. The van der Waals surface area contributed by atoms with Crippen LogP contribution in [0, 0.1) is 11.6 Å². The molecule has 4 aromatic carbocycles. The summed E-state index contributed by atoms with van der Waals surface area (Å²) in [6.45, 7) is 0. The van der Waals surface area contributed by atoms with Crippen molar-refractivity contribution in [3.8, 4) is 22.6 Å². The monoisotopic (exact) mass is 491 g/mol. The van der Waals surface area contributed by atoms with E-state index in [0.717, 1.165) is 35.4 Å². The molecule has 2 nitrogen and oxygen atoms in total. The Morgan fingerprint density at radius 1 is 0.722 bits per heavy atom. The number of nitrogens with zero attached hydrogens (tertiary/aromatic N) is 1. The van der Waals surface area contributed by atoms with Gasteiger partial charge in [-0.3, -0.25) is 4.98 Å². The summed E-state index contributed by atoms with van der Waals surface area (Å²) >= 11 is 0. The molecule has 0 radical (unpaired) electrons. The van der Waals surface area contributed by atoms with Crippen molar-refractivity contribution in [3.05, 3.63) is 126 Å². The second kappa shape index (κ2) is 9.41. The molecule has 0 spiro atoms. The molecule has 0 aliphatic rings. The molecule has 180 valence electrons. The average molecular weight is 491 g/mol. The summed E-state index contributed by atoms with van der Waals surface area (Å²) in [4.78, 5) is 4.20. The Morgan fingerprint density at radius 3 is 2.17 bits per heavy atom. The molecule has 0 amide bonds. The van der Waals surface area contributed by atoms with Gasteiger partial charge in [0, 0.05) is 29.8 Å². The van der Waals surface area contributed by atoms with E-state index in [4.69, 9.17) is 4.74 Å². The first kappa shape index (κ1) is 23.5. The molecule has 0 fully saturated rings. The molecule has 0 atom stereocenters.